The molecule has 2 rings (SSSR count). The molecule has 0 fully saturated rings. The van der Waals surface area contributed by atoms with E-state index in [9.17, 15) is 32.3 Å². The molecule has 0 aliphatic carbocycles. The highest BCUT2D eigenvalue weighted by atomic mass is 19.4. The first-order chi connectivity index (χ1) is 15.0. The smallest absolute Gasteiger partial charge is 0.419 e. The number of alkyl carbamates (subject to hydrolysis) is 1. The van der Waals surface area contributed by atoms with E-state index in [1.54, 1.807) is 38.1 Å². The van der Waals surface area contributed by atoms with E-state index in [-0.39, 0.29) is 24.6 Å². The predicted molar refractivity (Wildman–Crippen MR) is 106 cm³/mol. The second-order valence-electron chi connectivity index (χ2n) is 7.28. The lowest BCUT2D eigenvalue weighted by Gasteiger charge is -2.17. The molecule has 0 saturated heterocycles. The number of carbonyl (C=O) groups excluding carboxylic acids is 1. The van der Waals surface area contributed by atoms with E-state index in [1.807, 2.05) is 0 Å². The number of carbonyl (C=O) groups is 2. The SMILES string of the molecule is CC(C)O[C@@H](Cc1cccc(CNC(=O)OCc2ccc(F)c(C(F)(F)F)c2)c1)C(=O)O. The Morgan fingerprint density at radius 2 is 1.75 bits per heavy atom. The number of amides is 1. The Morgan fingerprint density at radius 1 is 1.06 bits per heavy atom. The number of halogens is 4. The van der Waals surface area contributed by atoms with Gasteiger partial charge in [-0.1, -0.05) is 30.3 Å². The fraction of sp³-hybridized carbons (Fsp3) is 0.364. The van der Waals surface area contributed by atoms with Gasteiger partial charge in [0.2, 0.25) is 0 Å². The maximum atomic E-state index is 13.3. The van der Waals surface area contributed by atoms with Gasteiger partial charge in [0, 0.05) is 13.0 Å². The van der Waals surface area contributed by atoms with Crippen molar-refractivity contribution in [2.45, 2.75) is 51.8 Å². The molecule has 2 aromatic rings. The van der Waals surface area contributed by atoms with Gasteiger partial charge in [0.15, 0.2) is 6.10 Å². The summed E-state index contributed by atoms with van der Waals surface area (Å²) >= 11 is 0. The quantitative estimate of drug-likeness (QED) is 0.534. The Balaban J connectivity index is 1.91. The van der Waals surface area contributed by atoms with Crippen LogP contribution in [-0.4, -0.2) is 29.4 Å². The first-order valence-corrected chi connectivity index (χ1v) is 9.68. The minimum Gasteiger partial charge on any atom is -0.479 e. The van der Waals surface area contributed by atoms with Gasteiger partial charge >= 0.3 is 18.2 Å². The fourth-order valence-electron chi connectivity index (χ4n) is 2.86. The van der Waals surface area contributed by atoms with Gasteiger partial charge in [-0.3, -0.25) is 0 Å². The van der Waals surface area contributed by atoms with Gasteiger partial charge in [0.25, 0.3) is 0 Å². The Kier molecular flexibility index (Phi) is 8.59. The van der Waals surface area contributed by atoms with Crippen LogP contribution in [0, 0.1) is 5.82 Å². The maximum Gasteiger partial charge on any atom is 0.419 e. The van der Waals surface area contributed by atoms with Gasteiger partial charge in [0.05, 0.1) is 11.7 Å². The molecule has 0 aromatic heterocycles. The number of hydrogen-bond donors (Lipinski definition) is 2. The third kappa shape index (κ3) is 7.84. The molecule has 0 saturated carbocycles. The van der Waals surface area contributed by atoms with E-state index in [1.165, 1.54) is 0 Å². The van der Waals surface area contributed by atoms with Crippen molar-refractivity contribution in [3.63, 3.8) is 0 Å². The summed E-state index contributed by atoms with van der Waals surface area (Å²) in [7, 11) is 0. The lowest BCUT2D eigenvalue weighted by molar-refractivity contribution is -0.153. The summed E-state index contributed by atoms with van der Waals surface area (Å²) in [5.74, 6) is -2.49. The molecular weight excluding hydrogens is 434 g/mol. The molecule has 0 unspecified atom stereocenters. The zero-order valence-electron chi connectivity index (χ0n) is 17.4. The van der Waals surface area contributed by atoms with E-state index in [0.29, 0.717) is 23.3 Å². The van der Waals surface area contributed by atoms with Crippen molar-refractivity contribution >= 4 is 12.1 Å². The summed E-state index contributed by atoms with van der Waals surface area (Å²) in [6.07, 6.45) is -6.87. The normalized spacial score (nSPS) is 12.5. The minimum absolute atomic E-state index is 0.0132. The fourth-order valence-corrected chi connectivity index (χ4v) is 2.86. The highest BCUT2D eigenvalue weighted by molar-refractivity contribution is 5.72. The van der Waals surface area contributed by atoms with E-state index in [4.69, 9.17) is 9.47 Å². The van der Waals surface area contributed by atoms with Crippen LogP contribution < -0.4 is 5.32 Å². The lowest BCUT2D eigenvalue weighted by atomic mass is 10.0. The van der Waals surface area contributed by atoms with Crippen LogP contribution in [0.2, 0.25) is 0 Å². The Labute approximate surface area is 182 Å². The van der Waals surface area contributed by atoms with Crippen molar-refractivity contribution in [2.75, 3.05) is 0 Å². The summed E-state index contributed by atoms with van der Waals surface area (Å²) in [5, 5.41) is 11.7. The van der Waals surface area contributed by atoms with Crippen molar-refractivity contribution in [3.8, 4) is 0 Å². The average molecular weight is 457 g/mol. The Hall–Kier alpha value is -3.14. The number of benzene rings is 2. The van der Waals surface area contributed by atoms with Crippen LogP contribution in [0.25, 0.3) is 0 Å². The molecule has 2 N–H and O–H groups in total. The van der Waals surface area contributed by atoms with Crippen LogP contribution in [-0.2, 0) is 40.0 Å². The van der Waals surface area contributed by atoms with Crippen LogP contribution in [0.15, 0.2) is 42.5 Å². The van der Waals surface area contributed by atoms with Gasteiger partial charge < -0.3 is 19.9 Å². The number of alkyl halides is 3. The van der Waals surface area contributed by atoms with Gasteiger partial charge in [-0.2, -0.15) is 13.2 Å². The molecular formula is C22H23F4NO5. The molecule has 10 heteroatoms. The van der Waals surface area contributed by atoms with Gasteiger partial charge in [-0.05, 0) is 42.7 Å². The van der Waals surface area contributed by atoms with Crippen LogP contribution in [0.1, 0.15) is 36.1 Å². The summed E-state index contributed by atoms with van der Waals surface area (Å²) in [6, 6.07) is 9.19. The number of carboxylic acid groups (broad SMARTS) is 1. The highest BCUT2D eigenvalue weighted by Crippen LogP contribution is 2.32. The maximum absolute atomic E-state index is 13.3. The monoisotopic (exact) mass is 457 g/mol. The van der Waals surface area contributed by atoms with Gasteiger partial charge in [-0.15, -0.1) is 0 Å². The zero-order valence-corrected chi connectivity index (χ0v) is 17.4. The molecule has 174 valence electrons. The minimum atomic E-state index is -4.85. The summed E-state index contributed by atoms with van der Waals surface area (Å²) in [6.45, 7) is 3.05. The number of hydrogen-bond acceptors (Lipinski definition) is 4. The molecule has 0 aliphatic rings. The molecule has 32 heavy (non-hydrogen) atoms. The summed E-state index contributed by atoms with van der Waals surface area (Å²) < 4.78 is 61.8. The lowest BCUT2D eigenvalue weighted by Crippen LogP contribution is -2.29. The summed E-state index contributed by atoms with van der Waals surface area (Å²) in [5.41, 5.74) is -0.0938. The van der Waals surface area contributed by atoms with E-state index >= 15 is 0 Å². The third-order valence-corrected chi connectivity index (χ3v) is 4.27. The zero-order chi connectivity index (χ0) is 23.9. The molecule has 1 amide bonds. The van der Waals surface area contributed by atoms with E-state index in [2.05, 4.69) is 5.32 Å². The first-order valence-electron chi connectivity index (χ1n) is 9.68. The molecule has 0 radical (unpaired) electrons. The highest BCUT2D eigenvalue weighted by Gasteiger charge is 2.34. The number of aliphatic carboxylic acids is 1. The third-order valence-electron chi connectivity index (χ3n) is 4.27. The van der Waals surface area contributed by atoms with Crippen molar-refractivity contribution < 1.29 is 41.7 Å². The molecule has 1 atom stereocenters. The average Bonchev–Trinajstić information content (AvgIpc) is 2.70. The van der Waals surface area contributed by atoms with Crippen LogP contribution >= 0.6 is 0 Å². The van der Waals surface area contributed by atoms with E-state index in [0.717, 1.165) is 6.07 Å². The Bertz CT molecular complexity index is 946. The number of nitrogens with one attached hydrogen (secondary N) is 1. The van der Waals surface area contributed by atoms with Crippen LogP contribution in [0.4, 0.5) is 22.4 Å². The van der Waals surface area contributed by atoms with Crippen LogP contribution in [0.5, 0.6) is 0 Å². The largest absolute Gasteiger partial charge is 0.479 e. The Morgan fingerprint density at radius 3 is 2.38 bits per heavy atom. The molecule has 0 bridgehead atoms. The van der Waals surface area contributed by atoms with Crippen molar-refractivity contribution in [2.24, 2.45) is 0 Å². The molecule has 0 heterocycles. The van der Waals surface area contributed by atoms with Crippen LogP contribution in [0.3, 0.4) is 0 Å². The topological polar surface area (TPSA) is 84.9 Å². The number of ether oxygens (including phenoxy) is 2. The van der Waals surface area contributed by atoms with Crippen molar-refractivity contribution in [3.05, 3.63) is 70.5 Å². The number of carboxylic acids is 1. The first kappa shape index (κ1) is 25.1. The summed E-state index contributed by atoms with van der Waals surface area (Å²) in [4.78, 5) is 23.2. The van der Waals surface area contributed by atoms with Crippen molar-refractivity contribution in [1.82, 2.24) is 5.32 Å². The van der Waals surface area contributed by atoms with E-state index < -0.39 is 42.3 Å². The molecule has 0 spiro atoms. The van der Waals surface area contributed by atoms with Gasteiger partial charge in [0.1, 0.15) is 12.4 Å². The number of rotatable bonds is 9. The van der Waals surface area contributed by atoms with Gasteiger partial charge in [-0.25, -0.2) is 14.0 Å². The second kappa shape index (κ2) is 10.9. The van der Waals surface area contributed by atoms with Crippen molar-refractivity contribution in [1.29, 1.82) is 0 Å². The predicted octanol–water partition coefficient (Wildman–Crippen LogP) is 4.69. The second-order valence-corrected chi connectivity index (χ2v) is 7.28. The molecule has 6 nitrogen and oxygen atoms in total. The standard InChI is InChI=1S/C22H23F4NO5/c1-13(2)32-19(20(28)29)10-14-4-3-5-15(8-14)11-27-21(30)31-12-16-6-7-18(23)17(9-16)22(24,25)26/h3-9,13,19H,10-12H2,1-2H3,(H,27,30)(H,28,29)/t19-/m0/s1. The molecule has 0 aliphatic heterocycles. The molecule has 2 aromatic carbocycles.